The van der Waals surface area contributed by atoms with Crippen LogP contribution in [0.3, 0.4) is 0 Å². The number of hydrogen-bond acceptors (Lipinski definition) is 3. The third kappa shape index (κ3) is 3.08. The molecule has 0 aliphatic carbocycles. The maximum absolute atomic E-state index is 8.20. The summed E-state index contributed by atoms with van der Waals surface area (Å²) in [5, 5.41) is 10.2. The van der Waals surface area contributed by atoms with Crippen molar-refractivity contribution in [3.63, 3.8) is 0 Å². The van der Waals surface area contributed by atoms with Crippen molar-refractivity contribution in [2.45, 2.75) is 13.1 Å². The molecule has 0 saturated heterocycles. The first-order chi connectivity index (χ1) is 3.62. The Bertz CT molecular complexity index is 109. The van der Waals surface area contributed by atoms with Crippen molar-refractivity contribution in [1.29, 1.82) is 5.26 Å². The molecule has 0 aliphatic heterocycles. The Balaban J connectivity index is 3.58. The molecule has 0 bridgehead atoms. The molecular weight excluding hydrogens is 138 g/mol. The predicted octanol–water partition coefficient (Wildman–Crippen LogP) is 1.55. The minimum Gasteiger partial charge on any atom is -0.410 e. The average Bonchev–Trinajstić information content (AvgIpc) is 1.67. The van der Waals surface area contributed by atoms with Gasteiger partial charge in [-0.15, -0.1) is 0 Å². The van der Waals surface area contributed by atoms with Gasteiger partial charge in [0.1, 0.15) is 5.40 Å². The van der Waals surface area contributed by atoms with Gasteiger partial charge in [0.2, 0.25) is 0 Å². The van der Waals surface area contributed by atoms with E-state index < -0.39 is 7.47 Å². The van der Waals surface area contributed by atoms with Gasteiger partial charge in [0.25, 0.3) is 7.47 Å². The maximum Gasteiger partial charge on any atom is 0.263 e. The van der Waals surface area contributed by atoms with Crippen LogP contribution in [0.25, 0.3) is 0 Å². The molecule has 0 N–H and O–H groups in total. The number of hydrogen-bond donors (Lipinski definition) is 0. The molecule has 0 unspecified atom stereocenters. The van der Waals surface area contributed by atoms with Gasteiger partial charge in [0.15, 0.2) is 0 Å². The van der Waals surface area contributed by atoms with Crippen molar-refractivity contribution in [3.05, 3.63) is 0 Å². The van der Waals surface area contributed by atoms with Crippen LogP contribution in [-0.2, 0) is 4.43 Å². The smallest absolute Gasteiger partial charge is 0.263 e. The maximum atomic E-state index is 8.20. The third-order valence-electron chi connectivity index (χ3n) is 0.783. The fourth-order valence-corrected chi connectivity index (χ4v) is 1.36. The number of thiocyanates is 1. The lowest BCUT2D eigenvalue weighted by molar-refractivity contribution is 0.424. The number of nitriles is 1. The van der Waals surface area contributed by atoms with E-state index in [4.69, 9.17) is 9.69 Å². The fraction of sp³-hybridized carbons (Fsp3) is 0.750. The molecule has 46 valence electrons. The van der Waals surface area contributed by atoms with E-state index in [2.05, 4.69) is 0 Å². The van der Waals surface area contributed by atoms with Gasteiger partial charge in [-0.1, -0.05) is 0 Å². The summed E-state index contributed by atoms with van der Waals surface area (Å²) in [6, 6.07) is 0. The average molecular weight is 147 g/mol. The van der Waals surface area contributed by atoms with Gasteiger partial charge in [-0.2, -0.15) is 5.26 Å². The molecule has 0 fully saturated rings. The molecule has 8 heavy (non-hydrogen) atoms. The molecule has 0 amide bonds. The molecule has 0 aromatic rings. The highest BCUT2D eigenvalue weighted by Gasteiger charge is 2.20. The molecule has 0 aromatic carbocycles. The van der Waals surface area contributed by atoms with Crippen molar-refractivity contribution in [3.8, 4) is 5.40 Å². The molecule has 0 heterocycles. The van der Waals surface area contributed by atoms with Crippen molar-refractivity contribution >= 4 is 18.7 Å². The van der Waals surface area contributed by atoms with Crippen LogP contribution in [0, 0.1) is 10.7 Å². The zero-order chi connectivity index (χ0) is 6.62. The molecular formula is C4H9NOSSi. The quantitative estimate of drug-likeness (QED) is 0.439. The molecule has 4 heteroatoms. The van der Waals surface area contributed by atoms with E-state index >= 15 is 0 Å². The fourth-order valence-electron chi connectivity index (χ4n) is 0.152. The van der Waals surface area contributed by atoms with Gasteiger partial charge in [-0.25, -0.2) is 0 Å². The lowest BCUT2D eigenvalue weighted by Gasteiger charge is -2.12. The molecule has 0 atom stereocenters. The number of nitrogens with zero attached hydrogens (tertiary/aromatic N) is 1. The largest absolute Gasteiger partial charge is 0.410 e. The first kappa shape index (κ1) is 8.02. The molecule has 0 aliphatic rings. The Morgan fingerprint density at radius 3 is 2.25 bits per heavy atom. The second-order valence-electron chi connectivity index (χ2n) is 1.80. The number of rotatable bonds is 2. The summed E-state index contributed by atoms with van der Waals surface area (Å²) in [5.41, 5.74) is 0. The van der Waals surface area contributed by atoms with Gasteiger partial charge in [0.05, 0.1) is 0 Å². The highest BCUT2D eigenvalue weighted by Crippen LogP contribution is 2.17. The first-order valence-corrected chi connectivity index (χ1v) is 6.69. The zero-order valence-electron chi connectivity index (χ0n) is 5.26. The molecule has 0 saturated carbocycles. The Kier molecular flexibility index (Phi) is 3.13. The molecule has 2 nitrogen and oxygen atoms in total. The van der Waals surface area contributed by atoms with E-state index in [1.54, 1.807) is 7.11 Å². The van der Waals surface area contributed by atoms with Gasteiger partial charge in [-0.3, -0.25) is 0 Å². The van der Waals surface area contributed by atoms with E-state index in [9.17, 15) is 0 Å². The van der Waals surface area contributed by atoms with Crippen LogP contribution in [0.15, 0.2) is 0 Å². The topological polar surface area (TPSA) is 33.0 Å². The van der Waals surface area contributed by atoms with Crippen LogP contribution < -0.4 is 0 Å². The van der Waals surface area contributed by atoms with Crippen molar-refractivity contribution in [2.24, 2.45) is 0 Å². The first-order valence-electron chi connectivity index (χ1n) is 2.24. The monoisotopic (exact) mass is 147 g/mol. The SMILES string of the molecule is CO[Si](C)(C)SC#N. The van der Waals surface area contributed by atoms with E-state index in [0.29, 0.717) is 0 Å². The summed E-state index contributed by atoms with van der Waals surface area (Å²) in [6.07, 6.45) is 0. The Morgan fingerprint density at radius 2 is 2.12 bits per heavy atom. The minimum absolute atomic E-state index is 1.26. The molecule has 0 rings (SSSR count). The van der Waals surface area contributed by atoms with Gasteiger partial charge in [-0.05, 0) is 24.3 Å². The van der Waals surface area contributed by atoms with Gasteiger partial charge >= 0.3 is 0 Å². The second-order valence-corrected chi connectivity index (χ2v) is 8.95. The van der Waals surface area contributed by atoms with Crippen molar-refractivity contribution < 1.29 is 4.43 Å². The lowest BCUT2D eigenvalue weighted by Crippen LogP contribution is -2.22. The summed E-state index contributed by atoms with van der Waals surface area (Å²) in [6.45, 7) is 3.97. The van der Waals surface area contributed by atoms with Crippen molar-refractivity contribution in [1.82, 2.24) is 0 Å². The standard InChI is InChI=1S/C4H9NOSSi/c1-6-8(2,3)7-4-5/h1-3H3. The highest BCUT2D eigenvalue weighted by atomic mass is 32.4. The highest BCUT2D eigenvalue weighted by molar-refractivity contribution is 8.31. The summed E-state index contributed by atoms with van der Waals surface area (Å²) in [5.74, 6) is 0. The lowest BCUT2D eigenvalue weighted by atomic mass is 11.8. The summed E-state index contributed by atoms with van der Waals surface area (Å²) < 4.78 is 5.06. The summed E-state index contributed by atoms with van der Waals surface area (Å²) >= 11 is 1.26. The Labute approximate surface area is 54.6 Å². The van der Waals surface area contributed by atoms with Crippen LogP contribution in [0.1, 0.15) is 0 Å². The second kappa shape index (κ2) is 3.12. The van der Waals surface area contributed by atoms with E-state index in [1.807, 2.05) is 18.5 Å². The predicted molar refractivity (Wildman–Crippen MR) is 37.7 cm³/mol. The van der Waals surface area contributed by atoms with Gasteiger partial charge in [0, 0.05) is 7.11 Å². The Hall–Kier alpha value is 0.0169. The van der Waals surface area contributed by atoms with Gasteiger partial charge < -0.3 is 4.43 Å². The summed E-state index contributed by atoms with van der Waals surface area (Å²) in [7, 11) is 0.0276. The Morgan fingerprint density at radius 1 is 1.62 bits per heavy atom. The normalized spacial score (nSPS) is 10.8. The van der Waals surface area contributed by atoms with E-state index in [1.165, 1.54) is 11.2 Å². The zero-order valence-corrected chi connectivity index (χ0v) is 7.08. The van der Waals surface area contributed by atoms with Crippen LogP contribution in [0.5, 0.6) is 0 Å². The molecule has 0 radical (unpaired) electrons. The molecule has 0 spiro atoms. The van der Waals surface area contributed by atoms with Crippen LogP contribution in [0.4, 0.5) is 0 Å². The van der Waals surface area contributed by atoms with E-state index in [-0.39, 0.29) is 0 Å². The minimum atomic E-state index is -1.62. The van der Waals surface area contributed by atoms with E-state index in [0.717, 1.165) is 0 Å². The third-order valence-corrected chi connectivity index (χ3v) is 4.60. The van der Waals surface area contributed by atoms with Crippen LogP contribution >= 0.6 is 11.2 Å². The van der Waals surface area contributed by atoms with Crippen LogP contribution in [0.2, 0.25) is 13.1 Å². The molecule has 0 aromatic heterocycles. The van der Waals surface area contributed by atoms with Crippen LogP contribution in [-0.4, -0.2) is 14.6 Å². The van der Waals surface area contributed by atoms with Crippen molar-refractivity contribution in [2.75, 3.05) is 7.11 Å². The summed E-state index contributed by atoms with van der Waals surface area (Å²) in [4.78, 5) is 0.